The Morgan fingerprint density at radius 1 is 1.30 bits per heavy atom. The average Bonchev–Trinajstić information content (AvgIpc) is 2.81. The van der Waals surface area contributed by atoms with Crippen LogP contribution in [0, 0.1) is 0 Å². The summed E-state index contributed by atoms with van der Waals surface area (Å²) >= 11 is 0. The van der Waals surface area contributed by atoms with Crippen molar-refractivity contribution in [3.8, 4) is 0 Å². The molecule has 0 bridgehead atoms. The highest BCUT2D eigenvalue weighted by atomic mass is 16.5. The number of ether oxygens (including phenoxy) is 1. The maximum absolute atomic E-state index is 11.4. The zero-order chi connectivity index (χ0) is 14.8. The van der Waals surface area contributed by atoms with Gasteiger partial charge in [0.2, 0.25) is 5.91 Å². The van der Waals surface area contributed by atoms with Gasteiger partial charge in [0, 0.05) is 25.6 Å². The number of hydrogen-bond acceptors (Lipinski definition) is 5. The molecule has 0 unspecified atom stereocenters. The molecule has 0 aromatic heterocycles. The predicted octanol–water partition coefficient (Wildman–Crippen LogP) is 0.579. The monoisotopic (exact) mass is 285 g/mol. The summed E-state index contributed by atoms with van der Waals surface area (Å²) in [6.07, 6.45) is 5.70. The van der Waals surface area contributed by atoms with Gasteiger partial charge in [-0.1, -0.05) is 6.42 Å². The van der Waals surface area contributed by atoms with Gasteiger partial charge in [0.25, 0.3) is 0 Å². The Bertz CT molecular complexity index is 340. The van der Waals surface area contributed by atoms with E-state index in [4.69, 9.17) is 14.9 Å². The Labute approximate surface area is 119 Å². The van der Waals surface area contributed by atoms with Crippen molar-refractivity contribution in [3.05, 3.63) is 12.2 Å². The molecule has 1 saturated heterocycles. The number of hydrogen-bond donors (Lipinski definition) is 2. The van der Waals surface area contributed by atoms with Gasteiger partial charge in [0.05, 0.1) is 6.61 Å². The molecule has 1 aliphatic heterocycles. The van der Waals surface area contributed by atoms with Gasteiger partial charge in [-0.2, -0.15) is 0 Å². The van der Waals surface area contributed by atoms with E-state index in [0.717, 1.165) is 57.3 Å². The molecule has 0 aliphatic carbocycles. The van der Waals surface area contributed by atoms with Crippen molar-refractivity contribution >= 4 is 11.9 Å². The molecule has 1 fully saturated rings. The maximum Gasteiger partial charge on any atom is 0.330 e. The van der Waals surface area contributed by atoms with Crippen LogP contribution in [0.3, 0.4) is 0 Å². The van der Waals surface area contributed by atoms with Gasteiger partial charge >= 0.3 is 5.97 Å². The number of aliphatic hydroxyl groups excluding tert-OH is 1. The third kappa shape index (κ3) is 7.25. The highest BCUT2D eigenvalue weighted by Gasteiger charge is 2.18. The summed E-state index contributed by atoms with van der Waals surface area (Å²) in [4.78, 5) is 24.3. The fourth-order valence-electron chi connectivity index (χ4n) is 2.08. The van der Waals surface area contributed by atoms with Crippen LogP contribution in [0.25, 0.3) is 0 Å². The number of carbonyl (C=O) groups is 2. The smallest absolute Gasteiger partial charge is 0.330 e. The number of esters is 1. The third-order valence-electron chi connectivity index (χ3n) is 3.14. The minimum Gasteiger partial charge on any atom is -0.463 e. The van der Waals surface area contributed by atoms with Crippen molar-refractivity contribution in [3.63, 3.8) is 0 Å². The van der Waals surface area contributed by atoms with Crippen LogP contribution in [0.2, 0.25) is 0 Å². The van der Waals surface area contributed by atoms with Crippen LogP contribution in [0.15, 0.2) is 12.2 Å². The van der Waals surface area contributed by atoms with Gasteiger partial charge in [-0.05, 0) is 31.8 Å². The fraction of sp³-hybridized carbons (Fsp3) is 0.714. The molecule has 1 aliphatic rings. The lowest BCUT2D eigenvalue weighted by molar-refractivity contribution is -0.138. The second-order valence-electron chi connectivity index (χ2n) is 4.84. The first kappa shape index (κ1) is 16.7. The van der Waals surface area contributed by atoms with E-state index >= 15 is 0 Å². The zero-order valence-corrected chi connectivity index (χ0v) is 11.7. The molecule has 0 saturated carbocycles. The van der Waals surface area contributed by atoms with Crippen molar-refractivity contribution in [2.24, 2.45) is 0 Å². The van der Waals surface area contributed by atoms with Crippen molar-refractivity contribution in [1.82, 2.24) is 4.90 Å². The molecular formula is C14H23NO5. The topological polar surface area (TPSA) is 87.1 Å². The molecule has 0 aromatic carbocycles. The Hall–Kier alpha value is -1.40. The Balaban J connectivity index is 1.92. The molecule has 1 rings (SSSR count). The minimum atomic E-state index is -1.63. The van der Waals surface area contributed by atoms with Crippen LogP contribution in [0.5, 0.6) is 0 Å². The van der Waals surface area contributed by atoms with Crippen LogP contribution in [0.4, 0.5) is 0 Å². The van der Waals surface area contributed by atoms with Gasteiger partial charge in [-0.25, -0.2) is 4.79 Å². The van der Waals surface area contributed by atoms with Crippen LogP contribution in [0.1, 0.15) is 38.5 Å². The molecule has 0 atom stereocenters. The zero-order valence-electron chi connectivity index (χ0n) is 11.7. The van der Waals surface area contributed by atoms with Gasteiger partial charge < -0.3 is 19.8 Å². The van der Waals surface area contributed by atoms with Crippen molar-refractivity contribution in [2.75, 3.05) is 19.7 Å². The van der Waals surface area contributed by atoms with Crippen LogP contribution in [-0.4, -0.2) is 53.0 Å². The second-order valence-corrected chi connectivity index (χ2v) is 4.84. The number of aliphatic hydroxyl groups is 2. The molecule has 1 amide bonds. The number of nitrogens with zero attached hydrogens (tertiary/aromatic N) is 1. The Morgan fingerprint density at radius 3 is 2.70 bits per heavy atom. The summed E-state index contributed by atoms with van der Waals surface area (Å²) in [6.45, 7) is 2.04. The second kappa shape index (κ2) is 9.50. The number of unbranched alkanes of at least 4 members (excludes halogenated alkanes) is 3. The maximum atomic E-state index is 11.4. The molecular weight excluding hydrogens is 262 g/mol. The van der Waals surface area contributed by atoms with E-state index in [1.165, 1.54) is 0 Å². The van der Waals surface area contributed by atoms with E-state index in [1.54, 1.807) is 0 Å². The Kier molecular flexibility index (Phi) is 7.91. The minimum absolute atomic E-state index is 0.261. The average molecular weight is 285 g/mol. The predicted molar refractivity (Wildman–Crippen MR) is 72.6 cm³/mol. The SMILES string of the molecule is O=C(/C=C\C(O)O)OCCCCCCN1CCCC1=O. The van der Waals surface area contributed by atoms with E-state index in [-0.39, 0.29) is 5.91 Å². The van der Waals surface area contributed by atoms with E-state index in [0.29, 0.717) is 13.0 Å². The van der Waals surface area contributed by atoms with E-state index < -0.39 is 12.3 Å². The van der Waals surface area contributed by atoms with Crippen molar-refractivity contribution < 1.29 is 24.5 Å². The third-order valence-corrected chi connectivity index (χ3v) is 3.14. The standard InChI is InChI=1S/C14H23NO5/c16-12-6-5-10-15(12)9-3-1-2-4-11-20-14(19)8-7-13(17)18/h7-8,13,17-18H,1-6,9-11H2/b8-7-. The normalized spacial score (nSPS) is 15.6. The molecule has 0 spiro atoms. The van der Waals surface area contributed by atoms with Crippen molar-refractivity contribution in [2.45, 2.75) is 44.8 Å². The van der Waals surface area contributed by atoms with E-state index in [9.17, 15) is 9.59 Å². The number of carbonyl (C=O) groups excluding carboxylic acids is 2. The van der Waals surface area contributed by atoms with Crippen LogP contribution in [-0.2, 0) is 14.3 Å². The summed E-state index contributed by atoms with van der Waals surface area (Å²) in [5, 5.41) is 17.0. The first-order valence-electron chi connectivity index (χ1n) is 7.08. The van der Waals surface area contributed by atoms with Crippen LogP contribution < -0.4 is 0 Å². The molecule has 6 nitrogen and oxygen atoms in total. The molecule has 114 valence electrons. The van der Waals surface area contributed by atoms with Crippen LogP contribution >= 0.6 is 0 Å². The largest absolute Gasteiger partial charge is 0.463 e. The van der Waals surface area contributed by atoms with Gasteiger partial charge in [0.15, 0.2) is 6.29 Å². The first-order chi connectivity index (χ1) is 9.59. The molecule has 20 heavy (non-hydrogen) atoms. The van der Waals surface area contributed by atoms with Gasteiger partial charge in [-0.3, -0.25) is 4.79 Å². The highest BCUT2D eigenvalue weighted by molar-refractivity contribution is 5.81. The summed E-state index contributed by atoms with van der Waals surface area (Å²) in [5.41, 5.74) is 0. The quantitative estimate of drug-likeness (QED) is 0.280. The molecule has 2 N–H and O–H groups in total. The lowest BCUT2D eigenvalue weighted by atomic mass is 10.2. The lowest BCUT2D eigenvalue weighted by Crippen LogP contribution is -2.25. The first-order valence-corrected chi connectivity index (χ1v) is 7.08. The Morgan fingerprint density at radius 2 is 2.05 bits per heavy atom. The summed E-state index contributed by atoms with van der Waals surface area (Å²) in [7, 11) is 0. The summed E-state index contributed by atoms with van der Waals surface area (Å²) in [6, 6.07) is 0. The summed E-state index contributed by atoms with van der Waals surface area (Å²) in [5.74, 6) is -0.308. The summed E-state index contributed by atoms with van der Waals surface area (Å²) < 4.78 is 4.88. The molecule has 6 heteroatoms. The van der Waals surface area contributed by atoms with Crippen molar-refractivity contribution in [1.29, 1.82) is 0 Å². The molecule has 1 heterocycles. The lowest BCUT2D eigenvalue weighted by Gasteiger charge is -2.14. The van der Waals surface area contributed by atoms with E-state index in [2.05, 4.69) is 0 Å². The number of amides is 1. The molecule has 0 aromatic rings. The highest BCUT2D eigenvalue weighted by Crippen LogP contribution is 2.11. The fourth-order valence-corrected chi connectivity index (χ4v) is 2.08. The van der Waals surface area contributed by atoms with E-state index in [1.807, 2.05) is 4.90 Å². The van der Waals surface area contributed by atoms with Gasteiger partial charge in [-0.15, -0.1) is 0 Å². The number of rotatable bonds is 9. The molecule has 0 radical (unpaired) electrons. The van der Waals surface area contributed by atoms with Gasteiger partial charge in [0.1, 0.15) is 0 Å². The number of likely N-dealkylation sites (tertiary alicyclic amines) is 1.